The maximum Gasteiger partial charge on any atom is 0.328 e. The zero-order valence-corrected chi connectivity index (χ0v) is 18.6. The van der Waals surface area contributed by atoms with Crippen molar-refractivity contribution in [2.75, 3.05) is 31.1 Å². The molecule has 0 radical (unpaired) electrons. The first-order valence-corrected chi connectivity index (χ1v) is 11.1. The van der Waals surface area contributed by atoms with Gasteiger partial charge in [-0.05, 0) is 36.1 Å². The van der Waals surface area contributed by atoms with Gasteiger partial charge < -0.3 is 24.4 Å². The molecule has 176 valence electrons. The van der Waals surface area contributed by atoms with Crippen LogP contribution in [0.25, 0.3) is 22.6 Å². The Labute approximate surface area is 196 Å². The van der Waals surface area contributed by atoms with Gasteiger partial charge in [-0.1, -0.05) is 47.6 Å². The SMILES string of the molecule is O=C(O)/C=C/C(=O)O.c1ccc(-c2ccc(-c3nnc(N4CCN5CCC4CC5)o3)cc2)cc1. The number of carboxylic acid groups (broad SMARTS) is 2. The van der Waals surface area contributed by atoms with Gasteiger partial charge in [0.2, 0.25) is 5.89 Å². The summed E-state index contributed by atoms with van der Waals surface area (Å²) in [4.78, 5) is 23.9. The second kappa shape index (κ2) is 10.8. The van der Waals surface area contributed by atoms with Crippen LogP contribution in [0, 0.1) is 0 Å². The van der Waals surface area contributed by atoms with Crippen molar-refractivity contribution in [3.63, 3.8) is 0 Å². The average molecular weight is 463 g/mol. The molecule has 0 atom stereocenters. The number of piperidine rings is 1. The Balaban J connectivity index is 0.000000297. The van der Waals surface area contributed by atoms with E-state index in [9.17, 15) is 9.59 Å². The largest absolute Gasteiger partial charge is 0.478 e. The fourth-order valence-corrected chi connectivity index (χ4v) is 4.16. The van der Waals surface area contributed by atoms with Crippen LogP contribution >= 0.6 is 0 Å². The first-order chi connectivity index (χ1) is 16.5. The Hall–Kier alpha value is -3.98. The summed E-state index contributed by atoms with van der Waals surface area (Å²) in [5, 5.41) is 24.3. The van der Waals surface area contributed by atoms with Gasteiger partial charge in [0.25, 0.3) is 0 Å². The fourth-order valence-electron chi connectivity index (χ4n) is 4.16. The highest BCUT2D eigenvalue weighted by atomic mass is 16.4. The number of carboxylic acids is 2. The van der Waals surface area contributed by atoms with E-state index in [-0.39, 0.29) is 0 Å². The lowest BCUT2D eigenvalue weighted by molar-refractivity contribution is -0.134. The highest BCUT2D eigenvalue weighted by Gasteiger charge is 2.31. The summed E-state index contributed by atoms with van der Waals surface area (Å²) in [6, 6.07) is 19.9. The molecule has 3 saturated heterocycles. The van der Waals surface area contributed by atoms with Crippen molar-refractivity contribution >= 4 is 18.0 Å². The summed E-state index contributed by atoms with van der Waals surface area (Å²) in [6.07, 6.45) is 3.48. The number of anilines is 1. The van der Waals surface area contributed by atoms with Gasteiger partial charge in [0, 0.05) is 49.9 Å². The molecule has 2 bridgehead atoms. The molecule has 3 aliphatic heterocycles. The lowest BCUT2D eigenvalue weighted by Crippen LogP contribution is -2.38. The van der Waals surface area contributed by atoms with E-state index in [4.69, 9.17) is 14.6 Å². The Morgan fingerprint density at radius 1 is 0.794 bits per heavy atom. The normalized spacial score (nSPS) is 19.4. The van der Waals surface area contributed by atoms with Gasteiger partial charge in [-0.25, -0.2) is 9.59 Å². The molecule has 6 rings (SSSR count). The number of carbonyl (C=O) groups is 2. The minimum absolute atomic E-state index is 0.530. The molecule has 4 heterocycles. The zero-order valence-electron chi connectivity index (χ0n) is 18.6. The molecule has 3 fully saturated rings. The Morgan fingerprint density at radius 3 is 2.00 bits per heavy atom. The van der Waals surface area contributed by atoms with E-state index >= 15 is 0 Å². The van der Waals surface area contributed by atoms with E-state index in [1.54, 1.807) is 0 Å². The minimum atomic E-state index is -1.26. The number of rotatable bonds is 5. The molecule has 9 nitrogen and oxygen atoms in total. The van der Waals surface area contributed by atoms with Crippen LogP contribution in [0.4, 0.5) is 6.01 Å². The maximum atomic E-state index is 9.55. The zero-order chi connectivity index (χ0) is 23.9. The van der Waals surface area contributed by atoms with Crippen molar-refractivity contribution in [3.8, 4) is 22.6 Å². The number of hydrogen-bond acceptors (Lipinski definition) is 7. The van der Waals surface area contributed by atoms with E-state index in [2.05, 4.69) is 68.5 Å². The van der Waals surface area contributed by atoms with Gasteiger partial charge in [0.05, 0.1) is 0 Å². The summed E-state index contributed by atoms with van der Waals surface area (Å²) in [5.74, 6) is -1.92. The molecule has 3 aliphatic rings. The van der Waals surface area contributed by atoms with Crippen molar-refractivity contribution in [1.29, 1.82) is 0 Å². The number of nitrogens with zero attached hydrogens (tertiary/aromatic N) is 4. The first kappa shape index (κ1) is 23.2. The molecule has 9 heteroatoms. The molecule has 0 unspecified atom stereocenters. The van der Waals surface area contributed by atoms with Crippen molar-refractivity contribution in [3.05, 3.63) is 66.7 Å². The highest BCUT2D eigenvalue weighted by Crippen LogP contribution is 2.29. The average Bonchev–Trinajstić information content (AvgIpc) is 3.16. The molecule has 34 heavy (non-hydrogen) atoms. The molecule has 0 spiro atoms. The number of hydrogen-bond donors (Lipinski definition) is 2. The lowest BCUT2D eigenvalue weighted by atomic mass is 10.0. The van der Waals surface area contributed by atoms with Crippen LogP contribution in [0.1, 0.15) is 12.8 Å². The van der Waals surface area contributed by atoms with Crippen molar-refractivity contribution in [1.82, 2.24) is 15.1 Å². The van der Waals surface area contributed by atoms with Gasteiger partial charge in [0.15, 0.2) is 0 Å². The third kappa shape index (κ3) is 5.87. The van der Waals surface area contributed by atoms with Crippen LogP contribution in [0.5, 0.6) is 0 Å². The molecule has 2 N–H and O–H groups in total. The molecule has 0 saturated carbocycles. The summed E-state index contributed by atoms with van der Waals surface area (Å²) in [5.41, 5.74) is 3.36. The smallest absolute Gasteiger partial charge is 0.328 e. The predicted octanol–water partition coefficient (Wildman–Crippen LogP) is 3.40. The predicted molar refractivity (Wildman–Crippen MR) is 126 cm³/mol. The second-order valence-corrected chi connectivity index (χ2v) is 8.11. The van der Waals surface area contributed by atoms with E-state index in [0.717, 1.165) is 18.7 Å². The monoisotopic (exact) mass is 462 g/mol. The molecule has 2 aromatic carbocycles. The Kier molecular flexibility index (Phi) is 7.34. The van der Waals surface area contributed by atoms with Gasteiger partial charge in [0.1, 0.15) is 0 Å². The number of aliphatic carboxylic acids is 2. The second-order valence-electron chi connectivity index (χ2n) is 8.11. The summed E-state index contributed by atoms with van der Waals surface area (Å²) in [6.45, 7) is 4.42. The van der Waals surface area contributed by atoms with Gasteiger partial charge in [-0.3, -0.25) is 0 Å². The van der Waals surface area contributed by atoms with Crippen molar-refractivity contribution in [2.45, 2.75) is 18.9 Å². The Bertz CT molecular complexity index is 1120. The first-order valence-electron chi connectivity index (χ1n) is 11.1. The van der Waals surface area contributed by atoms with Gasteiger partial charge >= 0.3 is 18.0 Å². The van der Waals surface area contributed by atoms with E-state index < -0.39 is 11.9 Å². The third-order valence-electron chi connectivity index (χ3n) is 5.92. The van der Waals surface area contributed by atoms with E-state index in [1.807, 2.05) is 6.07 Å². The number of fused-ring (bicyclic) bond motifs is 4. The number of aromatic nitrogens is 2. The van der Waals surface area contributed by atoms with Crippen LogP contribution in [-0.4, -0.2) is 69.5 Å². The standard InChI is InChI=1S/C21H22N4O.C4H4O4/c1-2-4-16(5-3-1)17-6-8-18(9-7-17)20-22-23-21(26-20)25-15-14-24-12-10-19(25)11-13-24;5-3(6)1-2-4(7)8/h1-9,19H,10-15H2;1-2H,(H,5,6)(H,7,8)/b;2-1+. The molecule has 0 aliphatic carbocycles. The molecular formula is C25H26N4O5. The van der Waals surface area contributed by atoms with Crippen molar-refractivity contribution < 1.29 is 24.2 Å². The summed E-state index contributed by atoms with van der Waals surface area (Å²) >= 11 is 0. The van der Waals surface area contributed by atoms with Crippen LogP contribution in [0.15, 0.2) is 71.2 Å². The van der Waals surface area contributed by atoms with Gasteiger partial charge in [-0.15, -0.1) is 5.10 Å². The minimum Gasteiger partial charge on any atom is -0.478 e. The topological polar surface area (TPSA) is 120 Å². The van der Waals surface area contributed by atoms with Crippen LogP contribution in [0.3, 0.4) is 0 Å². The molecule has 3 aromatic rings. The van der Waals surface area contributed by atoms with Crippen LogP contribution < -0.4 is 4.90 Å². The van der Waals surface area contributed by atoms with Crippen LogP contribution in [-0.2, 0) is 9.59 Å². The summed E-state index contributed by atoms with van der Waals surface area (Å²) < 4.78 is 6.05. The summed E-state index contributed by atoms with van der Waals surface area (Å²) in [7, 11) is 0. The van der Waals surface area contributed by atoms with E-state index in [1.165, 1.54) is 37.1 Å². The molecule has 1 aromatic heterocycles. The van der Waals surface area contributed by atoms with Crippen molar-refractivity contribution in [2.24, 2.45) is 0 Å². The third-order valence-corrected chi connectivity index (χ3v) is 5.92. The molecular weight excluding hydrogens is 436 g/mol. The number of benzene rings is 2. The quantitative estimate of drug-likeness (QED) is 0.550. The van der Waals surface area contributed by atoms with Gasteiger partial charge in [-0.2, -0.15) is 0 Å². The van der Waals surface area contributed by atoms with Crippen LogP contribution in [0.2, 0.25) is 0 Å². The van der Waals surface area contributed by atoms with E-state index in [0.29, 0.717) is 30.1 Å². The fraction of sp³-hybridized carbons (Fsp3) is 0.280. The molecule has 0 amide bonds. The maximum absolute atomic E-state index is 9.55. The Morgan fingerprint density at radius 2 is 1.38 bits per heavy atom. The lowest BCUT2D eigenvalue weighted by Gasteiger charge is -2.29. The highest BCUT2D eigenvalue weighted by molar-refractivity contribution is 5.89.